The van der Waals surface area contributed by atoms with Crippen LogP contribution in [-0.4, -0.2) is 12.6 Å². The lowest BCUT2D eigenvalue weighted by Crippen LogP contribution is -2.47. The summed E-state index contributed by atoms with van der Waals surface area (Å²) in [4.78, 5) is 0. The summed E-state index contributed by atoms with van der Waals surface area (Å²) in [5.41, 5.74) is 0.938. The van der Waals surface area contributed by atoms with Crippen LogP contribution in [0.5, 0.6) is 0 Å². The molecule has 1 fully saturated rings. The maximum absolute atomic E-state index is 3.77. The Labute approximate surface area is 121 Å². The molecule has 0 aromatic heterocycles. The molecule has 0 saturated heterocycles. The van der Waals surface area contributed by atoms with Crippen LogP contribution in [0.25, 0.3) is 0 Å². The summed E-state index contributed by atoms with van der Waals surface area (Å²) in [5.74, 6) is 1.75. The lowest BCUT2D eigenvalue weighted by Gasteiger charge is -2.45. The van der Waals surface area contributed by atoms with Crippen molar-refractivity contribution in [2.75, 3.05) is 6.54 Å². The standard InChI is InChI=1S/C18H37N/c1-8-19-16-13-14(2)9-10-15(16)18(6,7)12-11-17(3,4)5/h14-16,19H,8-13H2,1-7H3. The van der Waals surface area contributed by atoms with Crippen LogP contribution in [0.4, 0.5) is 0 Å². The van der Waals surface area contributed by atoms with E-state index >= 15 is 0 Å². The Balaban J connectivity index is 2.67. The van der Waals surface area contributed by atoms with Crippen molar-refractivity contribution < 1.29 is 0 Å². The Hall–Kier alpha value is -0.0400. The van der Waals surface area contributed by atoms with Crippen LogP contribution >= 0.6 is 0 Å². The molecule has 3 atom stereocenters. The van der Waals surface area contributed by atoms with Crippen LogP contribution < -0.4 is 5.32 Å². The molecule has 1 aliphatic rings. The predicted octanol–water partition coefficient (Wildman–Crippen LogP) is 5.25. The van der Waals surface area contributed by atoms with Crippen LogP contribution in [0, 0.1) is 22.7 Å². The van der Waals surface area contributed by atoms with E-state index in [9.17, 15) is 0 Å². The van der Waals surface area contributed by atoms with Crippen molar-refractivity contribution in [1.82, 2.24) is 5.32 Å². The summed E-state index contributed by atoms with van der Waals surface area (Å²) in [5, 5.41) is 3.77. The van der Waals surface area contributed by atoms with Gasteiger partial charge in [0, 0.05) is 6.04 Å². The highest BCUT2D eigenvalue weighted by atomic mass is 14.9. The molecular formula is C18H37N. The van der Waals surface area contributed by atoms with E-state index in [2.05, 4.69) is 53.8 Å². The van der Waals surface area contributed by atoms with Crippen molar-refractivity contribution in [1.29, 1.82) is 0 Å². The van der Waals surface area contributed by atoms with Crippen LogP contribution in [0.1, 0.15) is 80.6 Å². The second-order valence-electron chi connectivity index (χ2n) is 8.74. The average molecular weight is 268 g/mol. The SMILES string of the molecule is CCNC1CC(C)CCC1C(C)(C)CCC(C)(C)C. The van der Waals surface area contributed by atoms with Crippen LogP contribution in [0.15, 0.2) is 0 Å². The molecule has 0 amide bonds. The molecule has 0 radical (unpaired) electrons. The van der Waals surface area contributed by atoms with Gasteiger partial charge in [0.1, 0.15) is 0 Å². The Morgan fingerprint density at radius 2 is 1.63 bits per heavy atom. The Morgan fingerprint density at radius 3 is 2.16 bits per heavy atom. The molecule has 0 heterocycles. The summed E-state index contributed by atoms with van der Waals surface area (Å²) < 4.78 is 0. The quantitative estimate of drug-likeness (QED) is 0.717. The van der Waals surface area contributed by atoms with Gasteiger partial charge < -0.3 is 5.32 Å². The number of nitrogens with one attached hydrogen (secondary N) is 1. The van der Waals surface area contributed by atoms with Gasteiger partial charge in [0.05, 0.1) is 0 Å². The van der Waals surface area contributed by atoms with Gasteiger partial charge in [-0.15, -0.1) is 0 Å². The summed E-state index contributed by atoms with van der Waals surface area (Å²) in [7, 11) is 0. The van der Waals surface area contributed by atoms with Gasteiger partial charge in [-0.05, 0) is 54.9 Å². The van der Waals surface area contributed by atoms with Gasteiger partial charge >= 0.3 is 0 Å². The molecule has 1 N–H and O–H groups in total. The highest BCUT2D eigenvalue weighted by Gasteiger charge is 2.38. The second-order valence-corrected chi connectivity index (χ2v) is 8.74. The Bertz CT molecular complexity index is 261. The zero-order valence-corrected chi connectivity index (χ0v) is 14.5. The van der Waals surface area contributed by atoms with Gasteiger partial charge in [0.25, 0.3) is 0 Å². The van der Waals surface area contributed by atoms with E-state index in [4.69, 9.17) is 0 Å². The lowest BCUT2D eigenvalue weighted by molar-refractivity contribution is 0.0768. The molecule has 0 aromatic rings. The lowest BCUT2D eigenvalue weighted by atomic mass is 9.63. The maximum Gasteiger partial charge on any atom is 0.0103 e. The van der Waals surface area contributed by atoms with Gasteiger partial charge in [-0.25, -0.2) is 0 Å². The first-order valence-electron chi connectivity index (χ1n) is 8.39. The normalized spacial score (nSPS) is 29.5. The van der Waals surface area contributed by atoms with Gasteiger partial charge in [0.2, 0.25) is 0 Å². The van der Waals surface area contributed by atoms with Crippen LogP contribution in [-0.2, 0) is 0 Å². The Morgan fingerprint density at radius 1 is 1.00 bits per heavy atom. The minimum atomic E-state index is 0.465. The highest BCUT2D eigenvalue weighted by Crippen LogP contribution is 2.44. The third kappa shape index (κ3) is 5.45. The molecular weight excluding hydrogens is 230 g/mol. The first kappa shape index (κ1) is 17.0. The highest BCUT2D eigenvalue weighted by molar-refractivity contribution is 4.92. The Kier molecular flexibility index (Phi) is 5.92. The zero-order chi connectivity index (χ0) is 14.7. The summed E-state index contributed by atoms with van der Waals surface area (Å²) in [6, 6.07) is 0.740. The predicted molar refractivity (Wildman–Crippen MR) is 86.4 cm³/mol. The third-order valence-electron chi connectivity index (χ3n) is 5.10. The first-order valence-corrected chi connectivity index (χ1v) is 8.39. The van der Waals surface area contributed by atoms with E-state index in [0.717, 1.165) is 24.4 Å². The average Bonchev–Trinajstić information content (AvgIpc) is 2.26. The van der Waals surface area contributed by atoms with Crippen LogP contribution in [0.3, 0.4) is 0 Å². The van der Waals surface area contributed by atoms with E-state index in [1.807, 2.05) is 0 Å². The molecule has 3 unspecified atom stereocenters. The molecule has 0 bridgehead atoms. The zero-order valence-electron chi connectivity index (χ0n) is 14.5. The molecule has 0 spiro atoms. The number of hydrogen-bond acceptors (Lipinski definition) is 1. The van der Waals surface area contributed by atoms with Crippen molar-refractivity contribution >= 4 is 0 Å². The summed E-state index contributed by atoms with van der Waals surface area (Å²) in [6.07, 6.45) is 6.90. The maximum atomic E-state index is 3.77. The topological polar surface area (TPSA) is 12.0 Å². The van der Waals surface area contributed by atoms with Gasteiger partial charge in [-0.2, -0.15) is 0 Å². The minimum absolute atomic E-state index is 0.465. The van der Waals surface area contributed by atoms with E-state index in [0.29, 0.717) is 10.8 Å². The van der Waals surface area contributed by atoms with Crippen LogP contribution in [0.2, 0.25) is 0 Å². The largest absolute Gasteiger partial charge is 0.314 e. The molecule has 0 aliphatic heterocycles. The fraction of sp³-hybridized carbons (Fsp3) is 1.00. The molecule has 0 aromatic carbocycles. The molecule has 1 rings (SSSR count). The van der Waals surface area contributed by atoms with Crippen molar-refractivity contribution in [2.24, 2.45) is 22.7 Å². The second kappa shape index (κ2) is 6.61. The van der Waals surface area contributed by atoms with E-state index < -0.39 is 0 Å². The fourth-order valence-electron chi connectivity index (χ4n) is 3.69. The molecule has 1 nitrogen and oxygen atoms in total. The molecule has 1 aliphatic carbocycles. The van der Waals surface area contributed by atoms with Crippen molar-refractivity contribution in [3.8, 4) is 0 Å². The first-order chi connectivity index (χ1) is 8.65. The van der Waals surface area contributed by atoms with Gasteiger partial charge in [-0.3, -0.25) is 0 Å². The van der Waals surface area contributed by atoms with E-state index in [-0.39, 0.29) is 0 Å². The smallest absolute Gasteiger partial charge is 0.0103 e. The minimum Gasteiger partial charge on any atom is -0.314 e. The summed E-state index contributed by atoms with van der Waals surface area (Å²) >= 11 is 0. The molecule has 1 heteroatoms. The van der Waals surface area contributed by atoms with Crippen molar-refractivity contribution in [3.05, 3.63) is 0 Å². The third-order valence-corrected chi connectivity index (χ3v) is 5.10. The molecule has 1 saturated carbocycles. The van der Waals surface area contributed by atoms with E-state index in [1.165, 1.54) is 32.1 Å². The number of rotatable bonds is 5. The van der Waals surface area contributed by atoms with Crippen molar-refractivity contribution in [2.45, 2.75) is 86.6 Å². The van der Waals surface area contributed by atoms with E-state index in [1.54, 1.807) is 0 Å². The number of hydrogen-bond donors (Lipinski definition) is 1. The van der Waals surface area contributed by atoms with Gasteiger partial charge in [-0.1, -0.05) is 54.9 Å². The molecule has 114 valence electrons. The van der Waals surface area contributed by atoms with Gasteiger partial charge in [0.15, 0.2) is 0 Å². The monoisotopic (exact) mass is 267 g/mol. The summed E-state index contributed by atoms with van der Waals surface area (Å²) in [6.45, 7) is 17.9. The molecule has 19 heavy (non-hydrogen) atoms. The fourth-order valence-corrected chi connectivity index (χ4v) is 3.69. The van der Waals surface area contributed by atoms with Crippen molar-refractivity contribution in [3.63, 3.8) is 0 Å².